The number of halogens is 6. The van der Waals surface area contributed by atoms with Gasteiger partial charge in [-0.25, -0.2) is 0 Å². The lowest BCUT2D eigenvalue weighted by molar-refractivity contribution is -0.143. The summed E-state index contributed by atoms with van der Waals surface area (Å²) in [5, 5.41) is 1.95. The summed E-state index contributed by atoms with van der Waals surface area (Å²) in [6.45, 7) is 1.20. The second-order valence-electron chi connectivity index (χ2n) is 5.46. The Kier molecular flexibility index (Phi) is 6.39. The summed E-state index contributed by atoms with van der Waals surface area (Å²) in [5.41, 5.74) is 0.740. The number of carbonyl (C=O) groups excluding carboxylic acids is 3. The smallest absolute Gasteiger partial charge is 0.368 e. The third-order valence-corrected chi connectivity index (χ3v) is 3.28. The molecule has 0 aliphatic rings. The number of hydrogen-bond donors (Lipinski definition) is 2. The van der Waals surface area contributed by atoms with Crippen LogP contribution in [0.4, 0.5) is 26.3 Å². The number of alkyl halides is 6. The molecule has 0 aliphatic carbocycles. The summed E-state index contributed by atoms with van der Waals surface area (Å²) in [6, 6.07) is -1.09. The fourth-order valence-corrected chi connectivity index (χ4v) is 1.96. The van der Waals surface area contributed by atoms with Gasteiger partial charge in [-0.2, -0.15) is 26.3 Å². The van der Waals surface area contributed by atoms with E-state index in [0.29, 0.717) is 0 Å². The minimum Gasteiger partial charge on any atom is -0.368 e. The number of primary amides is 1. The van der Waals surface area contributed by atoms with Crippen LogP contribution in [0.2, 0.25) is 0 Å². The second kappa shape index (κ2) is 7.75. The van der Waals surface area contributed by atoms with Gasteiger partial charge in [0.1, 0.15) is 11.8 Å². The quantitative estimate of drug-likeness (QED) is 0.739. The van der Waals surface area contributed by atoms with Gasteiger partial charge in [0.25, 0.3) is 5.91 Å². The van der Waals surface area contributed by atoms with Gasteiger partial charge in [-0.1, -0.05) is 0 Å². The van der Waals surface area contributed by atoms with Crippen molar-refractivity contribution in [3.63, 3.8) is 0 Å². The summed E-state index contributed by atoms with van der Waals surface area (Å²) in [7, 11) is 0. The van der Waals surface area contributed by atoms with E-state index in [1.807, 2.05) is 5.32 Å². The van der Waals surface area contributed by atoms with Gasteiger partial charge >= 0.3 is 12.4 Å². The molecule has 1 aromatic carbocycles. The van der Waals surface area contributed by atoms with E-state index in [1.165, 1.54) is 6.92 Å². The number of nitrogens with one attached hydrogen (secondary N) is 1. The average Bonchev–Trinajstić information content (AvgIpc) is 2.48. The zero-order valence-corrected chi connectivity index (χ0v) is 13.3. The molecular weight excluding hydrogens is 370 g/mol. The Morgan fingerprint density at radius 3 is 1.81 bits per heavy atom. The highest BCUT2D eigenvalue weighted by Gasteiger charge is 2.37. The number of Topliss-reactive ketones (excluding diaryl/α,β-unsaturated/α-hetero) is 1. The molecule has 0 aliphatic heterocycles. The molecule has 0 radical (unpaired) electrons. The summed E-state index contributed by atoms with van der Waals surface area (Å²) in [5.74, 6) is -2.78. The number of carbonyl (C=O) groups is 3. The Hall–Kier alpha value is -2.59. The van der Waals surface area contributed by atoms with Crippen LogP contribution in [0.5, 0.6) is 0 Å². The molecule has 0 aromatic heterocycles. The Morgan fingerprint density at radius 2 is 1.46 bits per heavy atom. The molecule has 0 spiro atoms. The topological polar surface area (TPSA) is 89.3 Å². The van der Waals surface area contributed by atoms with Crippen molar-refractivity contribution < 1.29 is 40.7 Å². The van der Waals surface area contributed by atoms with Gasteiger partial charge in [0.15, 0.2) is 0 Å². The molecule has 1 atom stereocenters. The standard InChI is InChI=1S/C15H14F6N2O3/c1-7(24)2-3-11(12(22)25)23-13(26)8-4-9(14(16,17)18)6-10(5-8)15(19,20)21/h4-6,11H,2-3H2,1H3,(H2,22,25)(H,23,26)/t11-/m0/s1. The first-order valence-corrected chi connectivity index (χ1v) is 7.11. The summed E-state index contributed by atoms with van der Waals surface area (Å²) in [4.78, 5) is 34.2. The maximum Gasteiger partial charge on any atom is 0.416 e. The van der Waals surface area contributed by atoms with Crippen molar-refractivity contribution in [2.75, 3.05) is 0 Å². The second-order valence-corrected chi connectivity index (χ2v) is 5.46. The minimum atomic E-state index is -5.12. The molecule has 0 saturated heterocycles. The maximum atomic E-state index is 12.8. The predicted octanol–water partition coefficient (Wildman–Crippen LogP) is 2.68. The van der Waals surface area contributed by atoms with E-state index in [4.69, 9.17) is 5.73 Å². The van der Waals surface area contributed by atoms with Gasteiger partial charge in [-0.05, 0) is 31.5 Å². The van der Waals surface area contributed by atoms with E-state index >= 15 is 0 Å². The largest absolute Gasteiger partial charge is 0.416 e. The molecule has 0 fully saturated rings. The van der Waals surface area contributed by atoms with Crippen LogP contribution < -0.4 is 11.1 Å². The number of rotatable bonds is 6. The lowest BCUT2D eigenvalue weighted by atomic mass is 10.0. The van der Waals surface area contributed by atoms with Crippen molar-refractivity contribution in [1.82, 2.24) is 5.32 Å². The Labute approximate surface area is 143 Å². The van der Waals surface area contributed by atoms with Crippen molar-refractivity contribution in [3.05, 3.63) is 34.9 Å². The van der Waals surface area contributed by atoms with Gasteiger partial charge in [-0.3, -0.25) is 9.59 Å². The van der Waals surface area contributed by atoms with Crippen molar-refractivity contribution in [1.29, 1.82) is 0 Å². The van der Waals surface area contributed by atoms with Gasteiger partial charge < -0.3 is 15.8 Å². The highest BCUT2D eigenvalue weighted by Crippen LogP contribution is 2.36. The van der Waals surface area contributed by atoms with Crippen LogP contribution in [-0.4, -0.2) is 23.6 Å². The van der Waals surface area contributed by atoms with E-state index in [-0.39, 0.29) is 36.8 Å². The van der Waals surface area contributed by atoms with Crippen molar-refractivity contribution >= 4 is 17.6 Å². The highest BCUT2D eigenvalue weighted by atomic mass is 19.4. The fraction of sp³-hybridized carbons (Fsp3) is 0.400. The lowest BCUT2D eigenvalue weighted by Gasteiger charge is -2.17. The first-order valence-electron chi connectivity index (χ1n) is 7.11. The maximum absolute atomic E-state index is 12.8. The average molecular weight is 384 g/mol. The number of ketones is 1. The molecule has 5 nitrogen and oxygen atoms in total. The summed E-state index contributed by atoms with van der Waals surface area (Å²) >= 11 is 0. The summed E-state index contributed by atoms with van der Waals surface area (Å²) in [6.07, 6.45) is -10.6. The molecule has 1 rings (SSSR count). The Morgan fingerprint density at radius 1 is 1.00 bits per heavy atom. The van der Waals surface area contributed by atoms with Crippen LogP contribution in [-0.2, 0) is 21.9 Å². The molecule has 1 aromatic rings. The normalized spacial score (nSPS) is 13.2. The molecule has 0 saturated carbocycles. The first kappa shape index (κ1) is 21.5. The molecule has 2 amide bonds. The molecule has 0 heterocycles. The van der Waals surface area contributed by atoms with E-state index in [0.717, 1.165) is 0 Å². The van der Waals surface area contributed by atoms with E-state index in [1.54, 1.807) is 0 Å². The monoisotopic (exact) mass is 384 g/mol. The van der Waals surface area contributed by atoms with E-state index in [9.17, 15) is 40.7 Å². The molecule has 26 heavy (non-hydrogen) atoms. The number of nitrogens with two attached hydrogens (primary N) is 1. The Bertz CT molecular complexity index is 680. The van der Waals surface area contributed by atoms with Gasteiger partial charge in [0, 0.05) is 12.0 Å². The lowest BCUT2D eigenvalue weighted by Crippen LogP contribution is -2.44. The van der Waals surface area contributed by atoms with Crippen LogP contribution in [0.1, 0.15) is 41.3 Å². The fourth-order valence-electron chi connectivity index (χ4n) is 1.96. The molecule has 0 bridgehead atoms. The SMILES string of the molecule is CC(=O)CC[C@H](NC(=O)c1cc(C(F)(F)F)cc(C(F)(F)F)c1)C(N)=O. The van der Waals surface area contributed by atoms with Crippen LogP contribution >= 0.6 is 0 Å². The summed E-state index contributed by atoms with van der Waals surface area (Å²) < 4.78 is 76.7. The van der Waals surface area contributed by atoms with E-state index < -0.39 is 46.9 Å². The number of hydrogen-bond acceptors (Lipinski definition) is 3. The zero-order valence-electron chi connectivity index (χ0n) is 13.3. The highest BCUT2D eigenvalue weighted by molar-refractivity contribution is 5.97. The molecule has 0 unspecified atom stereocenters. The zero-order chi connectivity index (χ0) is 20.3. The van der Waals surface area contributed by atoms with Crippen LogP contribution in [0.15, 0.2) is 18.2 Å². The van der Waals surface area contributed by atoms with Crippen LogP contribution in [0.3, 0.4) is 0 Å². The van der Waals surface area contributed by atoms with Crippen molar-refractivity contribution in [2.24, 2.45) is 5.73 Å². The molecule has 11 heteroatoms. The molecular formula is C15H14F6N2O3. The van der Waals surface area contributed by atoms with E-state index in [2.05, 4.69) is 0 Å². The van der Waals surface area contributed by atoms with Gasteiger partial charge in [-0.15, -0.1) is 0 Å². The third kappa shape index (κ3) is 6.05. The molecule has 144 valence electrons. The first-order chi connectivity index (χ1) is 11.7. The van der Waals surface area contributed by atoms with Gasteiger partial charge in [0.2, 0.25) is 5.91 Å². The Balaban J connectivity index is 3.21. The van der Waals surface area contributed by atoms with Crippen molar-refractivity contribution in [2.45, 2.75) is 38.2 Å². The van der Waals surface area contributed by atoms with Crippen molar-refractivity contribution in [3.8, 4) is 0 Å². The molecule has 3 N–H and O–H groups in total. The number of benzene rings is 1. The number of amides is 2. The third-order valence-electron chi connectivity index (χ3n) is 3.28. The van der Waals surface area contributed by atoms with Gasteiger partial charge in [0.05, 0.1) is 11.1 Å². The van der Waals surface area contributed by atoms with Crippen LogP contribution in [0, 0.1) is 0 Å². The van der Waals surface area contributed by atoms with Crippen LogP contribution in [0.25, 0.3) is 0 Å². The minimum absolute atomic E-state index is 0.127. The predicted molar refractivity (Wildman–Crippen MR) is 76.8 cm³/mol.